The minimum absolute atomic E-state index is 0.456. The quantitative estimate of drug-likeness (QED) is 0.279. The number of aliphatic hydroxyl groups excluding tert-OH is 1. The van der Waals surface area contributed by atoms with Crippen LogP contribution in [0.3, 0.4) is 0 Å². The number of nitrogens with one attached hydrogen (secondary N) is 2. The zero-order valence-corrected chi connectivity index (χ0v) is 6.50. The van der Waals surface area contributed by atoms with E-state index in [1.54, 1.807) is 0 Å². The van der Waals surface area contributed by atoms with E-state index >= 15 is 0 Å². The molecular weight excluding hydrogens is 148 g/mol. The van der Waals surface area contributed by atoms with Crippen LogP contribution in [0.5, 0.6) is 0 Å². The van der Waals surface area contributed by atoms with Gasteiger partial charge in [-0.2, -0.15) is 0 Å². The monoisotopic (exact) mass is 162 g/mol. The standard InChI is InChI=1S/C6H14N2O3/c1-7-3-2-4-8-5(9)6(10)11/h6-7,10-11H,2-4H2,1H3,(H,8,9). The maximum atomic E-state index is 10.5. The van der Waals surface area contributed by atoms with Crippen LogP contribution in [0, 0.1) is 0 Å². The number of carbonyl (C=O) groups is 1. The Hall–Kier alpha value is -0.650. The number of rotatable bonds is 5. The van der Waals surface area contributed by atoms with Crippen LogP contribution in [-0.4, -0.2) is 42.5 Å². The summed E-state index contributed by atoms with van der Waals surface area (Å²) in [5.41, 5.74) is 0. The highest BCUT2D eigenvalue weighted by Gasteiger charge is 2.07. The van der Waals surface area contributed by atoms with Gasteiger partial charge in [-0.05, 0) is 20.0 Å². The molecule has 5 heteroatoms. The Balaban J connectivity index is 3.18. The van der Waals surface area contributed by atoms with Crippen LogP contribution >= 0.6 is 0 Å². The molecule has 0 aromatic heterocycles. The van der Waals surface area contributed by atoms with Crippen molar-refractivity contribution in [1.29, 1.82) is 0 Å². The lowest BCUT2D eigenvalue weighted by Crippen LogP contribution is -2.35. The molecule has 0 heterocycles. The van der Waals surface area contributed by atoms with Gasteiger partial charge >= 0.3 is 0 Å². The molecule has 0 spiro atoms. The second kappa shape index (κ2) is 6.09. The van der Waals surface area contributed by atoms with Gasteiger partial charge in [0, 0.05) is 6.54 Å². The van der Waals surface area contributed by atoms with Gasteiger partial charge in [-0.3, -0.25) is 4.79 Å². The lowest BCUT2D eigenvalue weighted by Gasteiger charge is -2.05. The predicted molar refractivity (Wildman–Crippen MR) is 39.8 cm³/mol. The summed E-state index contributed by atoms with van der Waals surface area (Å²) in [6, 6.07) is 0. The zero-order chi connectivity index (χ0) is 8.69. The third-order valence-corrected chi connectivity index (χ3v) is 1.14. The maximum absolute atomic E-state index is 10.5. The molecule has 0 aromatic rings. The zero-order valence-electron chi connectivity index (χ0n) is 6.50. The van der Waals surface area contributed by atoms with E-state index in [1.807, 2.05) is 7.05 Å². The summed E-state index contributed by atoms with van der Waals surface area (Å²) in [5.74, 6) is -0.749. The fourth-order valence-corrected chi connectivity index (χ4v) is 0.568. The molecule has 66 valence electrons. The van der Waals surface area contributed by atoms with E-state index in [1.165, 1.54) is 0 Å². The third kappa shape index (κ3) is 5.78. The first-order valence-electron chi connectivity index (χ1n) is 3.47. The fraction of sp³-hybridized carbons (Fsp3) is 0.833. The number of carbonyl (C=O) groups excluding carboxylic acids is 1. The van der Waals surface area contributed by atoms with Crippen LogP contribution in [0.1, 0.15) is 6.42 Å². The van der Waals surface area contributed by atoms with E-state index in [0.717, 1.165) is 13.0 Å². The highest BCUT2D eigenvalue weighted by molar-refractivity contribution is 5.78. The molecule has 0 aliphatic rings. The largest absolute Gasteiger partial charge is 0.361 e. The molecule has 0 bridgehead atoms. The minimum atomic E-state index is -1.90. The van der Waals surface area contributed by atoms with Crippen molar-refractivity contribution in [3.63, 3.8) is 0 Å². The van der Waals surface area contributed by atoms with E-state index < -0.39 is 12.2 Å². The lowest BCUT2D eigenvalue weighted by atomic mass is 10.4. The number of hydrogen-bond donors (Lipinski definition) is 4. The van der Waals surface area contributed by atoms with E-state index in [0.29, 0.717) is 6.54 Å². The molecule has 0 aliphatic carbocycles. The van der Waals surface area contributed by atoms with Crippen molar-refractivity contribution in [2.75, 3.05) is 20.1 Å². The Bertz CT molecular complexity index is 116. The molecule has 0 fully saturated rings. The second-order valence-electron chi connectivity index (χ2n) is 2.12. The summed E-state index contributed by atoms with van der Waals surface area (Å²) in [4.78, 5) is 10.5. The first-order chi connectivity index (χ1) is 5.18. The van der Waals surface area contributed by atoms with Gasteiger partial charge in [0.2, 0.25) is 6.29 Å². The van der Waals surface area contributed by atoms with Gasteiger partial charge in [-0.25, -0.2) is 0 Å². The van der Waals surface area contributed by atoms with Gasteiger partial charge in [0.25, 0.3) is 5.91 Å². The molecular formula is C6H14N2O3. The van der Waals surface area contributed by atoms with E-state index in [-0.39, 0.29) is 0 Å². The topological polar surface area (TPSA) is 81.6 Å². The molecule has 0 aromatic carbocycles. The van der Waals surface area contributed by atoms with Crippen LogP contribution in [0.25, 0.3) is 0 Å². The maximum Gasteiger partial charge on any atom is 0.276 e. The first-order valence-corrected chi connectivity index (χ1v) is 3.47. The summed E-state index contributed by atoms with van der Waals surface area (Å²) in [5, 5.41) is 21.8. The van der Waals surface area contributed by atoms with Gasteiger partial charge < -0.3 is 20.8 Å². The molecule has 0 radical (unpaired) electrons. The number of aliphatic hydroxyl groups is 2. The van der Waals surface area contributed by atoms with Crippen LogP contribution in [0.2, 0.25) is 0 Å². The Labute approximate surface area is 65.4 Å². The first kappa shape index (κ1) is 10.3. The normalized spacial score (nSPS) is 10.2. The van der Waals surface area contributed by atoms with Gasteiger partial charge in [0.15, 0.2) is 0 Å². The molecule has 11 heavy (non-hydrogen) atoms. The SMILES string of the molecule is CNCCCNC(=O)C(O)O. The third-order valence-electron chi connectivity index (χ3n) is 1.14. The predicted octanol–water partition coefficient (Wildman–Crippen LogP) is -1.98. The van der Waals surface area contributed by atoms with Gasteiger partial charge in [0.1, 0.15) is 0 Å². The van der Waals surface area contributed by atoms with Crippen LogP contribution < -0.4 is 10.6 Å². The molecule has 0 saturated carbocycles. The van der Waals surface area contributed by atoms with E-state index in [2.05, 4.69) is 10.6 Å². The van der Waals surface area contributed by atoms with E-state index in [9.17, 15) is 4.79 Å². The highest BCUT2D eigenvalue weighted by Crippen LogP contribution is 1.76. The van der Waals surface area contributed by atoms with Crippen molar-refractivity contribution in [1.82, 2.24) is 10.6 Å². The molecule has 4 N–H and O–H groups in total. The van der Waals surface area contributed by atoms with Gasteiger partial charge in [-0.1, -0.05) is 0 Å². The Morgan fingerprint density at radius 1 is 1.45 bits per heavy atom. The van der Waals surface area contributed by atoms with Crippen LogP contribution in [0.15, 0.2) is 0 Å². The molecule has 0 unspecified atom stereocenters. The van der Waals surface area contributed by atoms with Gasteiger partial charge in [-0.15, -0.1) is 0 Å². The molecule has 1 amide bonds. The Morgan fingerprint density at radius 3 is 2.55 bits per heavy atom. The summed E-state index contributed by atoms with van der Waals surface area (Å²) in [6.45, 7) is 1.25. The second-order valence-corrected chi connectivity index (χ2v) is 2.12. The van der Waals surface area contributed by atoms with Crippen molar-refractivity contribution in [2.45, 2.75) is 12.7 Å². The average molecular weight is 162 g/mol. The molecule has 5 nitrogen and oxygen atoms in total. The number of amides is 1. The van der Waals surface area contributed by atoms with E-state index in [4.69, 9.17) is 10.2 Å². The molecule has 0 atom stereocenters. The Kier molecular flexibility index (Phi) is 5.73. The van der Waals surface area contributed by atoms with Crippen LogP contribution in [-0.2, 0) is 4.79 Å². The number of hydrogen-bond acceptors (Lipinski definition) is 4. The van der Waals surface area contributed by atoms with Crippen molar-refractivity contribution in [3.8, 4) is 0 Å². The van der Waals surface area contributed by atoms with Crippen LogP contribution in [0.4, 0.5) is 0 Å². The Morgan fingerprint density at radius 2 is 2.09 bits per heavy atom. The van der Waals surface area contributed by atoms with Crippen molar-refractivity contribution in [2.24, 2.45) is 0 Å². The summed E-state index contributed by atoms with van der Waals surface area (Å²) in [6.07, 6.45) is -1.13. The summed E-state index contributed by atoms with van der Waals surface area (Å²) >= 11 is 0. The summed E-state index contributed by atoms with van der Waals surface area (Å²) < 4.78 is 0. The molecule has 0 aliphatic heterocycles. The average Bonchev–Trinajstić information content (AvgIpc) is 1.97. The highest BCUT2D eigenvalue weighted by atomic mass is 16.5. The van der Waals surface area contributed by atoms with Gasteiger partial charge in [0.05, 0.1) is 0 Å². The van der Waals surface area contributed by atoms with Crippen molar-refractivity contribution < 1.29 is 15.0 Å². The molecule has 0 saturated heterocycles. The summed E-state index contributed by atoms with van der Waals surface area (Å²) in [7, 11) is 1.81. The fourth-order valence-electron chi connectivity index (χ4n) is 0.568. The lowest BCUT2D eigenvalue weighted by molar-refractivity contribution is -0.147. The van der Waals surface area contributed by atoms with Crippen molar-refractivity contribution in [3.05, 3.63) is 0 Å². The molecule has 0 rings (SSSR count). The minimum Gasteiger partial charge on any atom is -0.361 e. The van der Waals surface area contributed by atoms with Crippen molar-refractivity contribution >= 4 is 5.91 Å². The smallest absolute Gasteiger partial charge is 0.276 e.